The number of aliphatic carboxylic acids is 1. The smallest absolute Gasteiger partial charge is 0.307 e. The first-order valence-electron chi connectivity index (χ1n) is 4.91. The third kappa shape index (κ3) is 2.56. The molecule has 0 aromatic rings. The van der Waals surface area contributed by atoms with Crippen LogP contribution in [-0.4, -0.2) is 11.1 Å². The summed E-state index contributed by atoms with van der Waals surface area (Å²) in [5.41, 5.74) is 3.23. The van der Waals surface area contributed by atoms with E-state index in [1.807, 2.05) is 36.5 Å². The molecule has 0 aromatic carbocycles. The summed E-state index contributed by atoms with van der Waals surface area (Å²) in [4.78, 5) is 10.6. The lowest BCUT2D eigenvalue weighted by molar-refractivity contribution is -0.136. The van der Waals surface area contributed by atoms with Crippen LogP contribution in [0.2, 0.25) is 0 Å². The van der Waals surface area contributed by atoms with Crippen molar-refractivity contribution < 1.29 is 9.90 Å². The minimum atomic E-state index is -0.787. The van der Waals surface area contributed by atoms with Gasteiger partial charge in [-0.1, -0.05) is 42.5 Å². The SMILES string of the molecule is O=C(O)CC1=CC2=CC=CC=C(C=C1)C2. The molecule has 76 valence electrons. The second kappa shape index (κ2) is 4.13. The number of carboxylic acids is 1. The van der Waals surface area contributed by atoms with Crippen molar-refractivity contribution in [1.82, 2.24) is 0 Å². The Morgan fingerprint density at radius 3 is 2.67 bits per heavy atom. The largest absolute Gasteiger partial charge is 0.481 e. The van der Waals surface area contributed by atoms with Crippen LogP contribution in [0.15, 0.2) is 59.3 Å². The Labute approximate surface area is 88.6 Å². The fourth-order valence-corrected chi connectivity index (χ4v) is 1.71. The van der Waals surface area contributed by atoms with Crippen molar-refractivity contribution in [2.45, 2.75) is 12.8 Å². The predicted octanol–water partition coefficient (Wildman–Crippen LogP) is 2.77. The third-order valence-corrected chi connectivity index (χ3v) is 2.38. The second-order valence-electron chi connectivity index (χ2n) is 3.67. The number of carbonyl (C=O) groups is 1. The number of rotatable bonds is 2. The van der Waals surface area contributed by atoms with Crippen LogP contribution in [0, 0.1) is 0 Å². The van der Waals surface area contributed by atoms with E-state index in [9.17, 15) is 4.79 Å². The van der Waals surface area contributed by atoms with Crippen molar-refractivity contribution in [3.05, 3.63) is 59.3 Å². The summed E-state index contributed by atoms with van der Waals surface area (Å²) in [5.74, 6) is -0.787. The molecule has 2 heteroatoms. The Morgan fingerprint density at radius 2 is 1.93 bits per heavy atom. The Bertz CT molecular complexity index is 431. The minimum Gasteiger partial charge on any atom is -0.481 e. The van der Waals surface area contributed by atoms with Gasteiger partial charge in [0.25, 0.3) is 0 Å². The maximum absolute atomic E-state index is 10.6. The van der Waals surface area contributed by atoms with Crippen LogP contribution < -0.4 is 0 Å². The molecule has 2 rings (SSSR count). The van der Waals surface area contributed by atoms with Gasteiger partial charge < -0.3 is 5.11 Å². The van der Waals surface area contributed by atoms with Crippen LogP contribution in [0.4, 0.5) is 0 Å². The van der Waals surface area contributed by atoms with E-state index < -0.39 is 5.97 Å². The van der Waals surface area contributed by atoms with Gasteiger partial charge in [0.15, 0.2) is 0 Å². The van der Waals surface area contributed by atoms with E-state index in [-0.39, 0.29) is 6.42 Å². The van der Waals surface area contributed by atoms with Crippen molar-refractivity contribution in [1.29, 1.82) is 0 Å². The van der Waals surface area contributed by atoms with E-state index in [1.165, 1.54) is 5.57 Å². The molecule has 2 nitrogen and oxygen atoms in total. The van der Waals surface area contributed by atoms with E-state index in [0.29, 0.717) is 0 Å². The predicted molar refractivity (Wildman–Crippen MR) is 59.4 cm³/mol. The Morgan fingerprint density at radius 1 is 1.20 bits per heavy atom. The van der Waals surface area contributed by atoms with Crippen LogP contribution in [0.25, 0.3) is 0 Å². The molecule has 0 amide bonds. The molecular weight excluding hydrogens is 188 g/mol. The van der Waals surface area contributed by atoms with Gasteiger partial charge in [-0.3, -0.25) is 4.79 Å². The highest BCUT2D eigenvalue weighted by Crippen LogP contribution is 2.23. The molecule has 0 radical (unpaired) electrons. The first-order chi connectivity index (χ1) is 7.24. The van der Waals surface area contributed by atoms with Gasteiger partial charge >= 0.3 is 5.97 Å². The Balaban J connectivity index is 2.32. The topological polar surface area (TPSA) is 37.3 Å². The molecule has 0 aromatic heterocycles. The molecular formula is C13H12O2. The average Bonchev–Trinajstić information content (AvgIpc) is 2.49. The van der Waals surface area contributed by atoms with Gasteiger partial charge in [0, 0.05) is 0 Å². The number of allylic oxidation sites excluding steroid dienone is 9. The molecule has 1 N–H and O–H groups in total. The number of carboxylic acid groups (broad SMARTS) is 1. The minimum absolute atomic E-state index is 0.0881. The van der Waals surface area contributed by atoms with Gasteiger partial charge in [0.2, 0.25) is 0 Å². The van der Waals surface area contributed by atoms with Crippen molar-refractivity contribution in [2.75, 3.05) is 0 Å². The third-order valence-electron chi connectivity index (χ3n) is 2.38. The maximum Gasteiger partial charge on any atom is 0.307 e. The quantitative estimate of drug-likeness (QED) is 0.744. The Hall–Kier alpha value is -1.83. The van der Waals surface area contributed by atoms with Crippen LogP contribution in [0.5, 0.6) is 0 Å². The molecule has 2 aliphatic carbocycles. The van der Waals surface area contributed by atoms with Gasteiger partial charge in [0.1, 0.15) is 0 Å². The van der Waals surface area contributed by atoms with Crippen LogP contribution in [0.1, 0.15) is 12.8 Å². The summed E-state index contributed by atoms with van der Waals surface area (Å²) in [6, 6.07) is 0. The standard InChI is InChI=1S/C13H12O2/c14-13(15)9-12-6-5-10-3-1-2-4-11(7-10)8-12/h1-6,8H,7,9H2,(H,14,15). The zero-order chi connectivity index (χ0) is 10.7. The normalized spacial score (nSPS) is 18.5. The lowest BCUT2D eigenvalue weighted by atomic mass is 10.1. The van der Waals surface area contributed by atoms with Crippen molar-refractivity contribution in [3.63, 3.8) is 0 Å². The first kappa shape index (κ1) is 9.71. The average molecular weight is 200 g/mol. The summed E-state index contributed by atoms with van der Waals surface area (Å²) >= 11 is 0. The van der Waals surface area contributed by atoms with Crippen LogP contribution >= 0.6 is 0 Å². The van der Waals surface area contributed by atoms with Gasteiger partial charge in [-0.25, -0.2) is 0 Å². The van der Waals surface area contributed by atoms with Crippen LogP contribution in [0.3, 0.4) is 0 Å². The molecule has 0 saturated carbocycles. The molecule has 2 bridgehead atoms. The highest BCUT2D eigenvalue weighted by Gasteiger charge is 2.08. The van der Waals surface area contributed by atoms with Gasteiger partial charge in [-0.15, -0.1) is 0 Å². The molecule has 0 atom stereocenters. The molecule has 2 aliphatic rings. The van der Waals surface area contributed by atoms with E-state index in [2.05, 4.69) is 6.08 Å². The Kier molecular flexibility index (Phi) is 2.68. The van der Waals surface area contributed by atoms with Crippen molar-refractivity contribution in [3.8, 4) is 0 Å². The molecule has 0 heterocycles. The number of hydrogen-bond donors (Lipinski definition) is 1. The highest BCUT2D eigenvalue weighted by atomic mass is 16.4. The summed E-state index contributed by atoms with van der Waals surface area (Å²) < 4.78 is 0. The maximum atomic E-state index is 10.6. The zero-order valence-corrected chi connectivity index (χ0v) is 8.31. The fraction of sp³-hybridized carbons (Fsp3) is 0.154. The summed E-state index contributed by atoms with van der Waals surface area (Å²) in [5, 5.41) is 8.73. The number of hydrogen-bond acceptors (Lipinski definition) is 1. The monoisotopic (exact) mass is 200 g/mol. The van der Waals surface area contributed by atoms with E-state index >= 15 is 0 Å². The van der Waals surface area contributed by atoms with Crippen molar-refractivity contribution in [2.24, 2.45) is 0 Å². The van der Waals surface area contributed by atoms with Crippen LogP contribution in [-0.2, 0) is 4.79 Å². The molecule has 0 unspecified atom stereocenters. The summed E-state index contributed by atoms with van der Waals surface area (Å²) in [6.45, 7) is 0. The number of fused-ring (bicyclic) bond motifs is 2. The van der Waals surface area contributed by atoms with Gasteiger partial charge in [-0.05, 0) is 23.1 Å². The van der Waals surface area contributed by atoms with E-state index in [4.69, 9.17) is 5.11 Å². The van der Waals surface area contributed by atoms with Crippen molar-refractivity contribution >= 4 is 5.97 Å². The summed E-state index contributed by atoms with van der Waals surface area (Å²) in [6.07, 6.45) is 14.9. The molecule has 0 aliphatic heterocycles. The molecule has 0 saturated heterocycles. The highest BCUT2D eigenvalue weighted by molar-refractivity contribution is 5.71. The summed E-state index contributed by atoms with van der Waals surface area (Å²) in [7, 11) is 0. The van der Waals surface area contributed by atoms with E-state index in [1.54, 1.807) is 0 Å². The van der Waals surface area contributed by atoms with Gasteiger partial charge in [-0.2, -0.15) is 0 Å². The first-order valence-corrected chi connectivity index (χ1v) is 4.91. The molecule has 0 spiro atoms. The second-order valence-corrected chi connectivity index (χ2v) is 3.67. The molecule has 0 fully saturated rings. The molecule has 15 heavy (non-hydrogen) atoms. The zero-order valence-electron chi connectivity index (χ0n) is 8.31. The van der Waals surface area contributed by atoms with Gasteiger partial charge in [0.05, 0.1) is 6.42 Å². The lowest BCUT2D eigenvalue weighted by Gasteiger charge is -1.98. The van der Waals surface area contributed by atoms with E-state index in [0.717, 1.165) is 17.6 Å². The fourth-order valence-electron chi connectivity index (χ4n) is 1.71. The lowest BCUT2D eigenvalue weighted by Crippen LogP contribution is -1.95.